The second-order valence-corrected chi connectivity index (χ2v) is 5.50. The summed E-state index contributed by atoms with van der Waals surface area (Å²) < 4.78 is 0.909. The number of anilines is 2. The van der Waals surface area contributed by atoms with Gasteiger partial charge in [0.2, 0.25) is 0 Å². The van der Waals surface area contributed by atoms with E-state index >= 15 is 0 Å². The molecule has 1 aromatic carbocycles. The van der Waals surface area contributed by atoms with Crippen molar-refractivity contribution < 1.29 is 9.59 Å². The van der Waals surface area contributed by atoms with Crippen molar-refractivity contribution >= 4 is 39.2 Å². The van der Waals surface area contributed by atoms with E-state index in [-0.39, 0.29) is 0 Å². The quantitative estimate of drug-likeness (QED) is 0.820. The molecule has 0 aliphatic rings. The minimum Gasteiger partial charge on any atom is -0.318 e. The maximum absolute atomic E-state index is 11.9. The van der Waals surface area contributed by atoms with Crippen LogP contribution < -0.4 is 10.6 Å². The van der Waals surface area contributed by atoms with Gasteiger partial charge in [0.15, 0.2) is 0 Å². The zero-order valence-electron chi connectivity index (χ0n) is 11.6. The van der Waals surface area contributed by atoms with Crippen LogP contribution in [0.25, 0.3) is 0 Å². The molecule has 0 aliphatic carbocycles. The summed E-state index contributed by atoms with van der Waals surface area (Å²) in [5, 5.41) is 5.03. The Balaban J connectivity index is 2.04. The maximum atomic E-state index is 11.9. The van der Waals surface area contributed by atoms with Crippen LogP contribution in [0.4, 0.5) is 11.5 Å². The molecular formula is C15H14BrN3O2. The minimum absolute atomic E-state index is 0.350. The molecule has 6 heteroatoms. The summed E-state index contributed by atoms with van der Waals surface area (Å²) in [6.45, 7) is 3.73. The second-order valence-electron chi connectivity index (χ2n) is 4.59. The molecule has 0 radical (unpaired) electrons. The van der Waals surface area contributed by atoms with Gasteiger partial charge in [0.25, 0.3) is 0 Å². The molecule has 0 aliphatic heterocycles. The Morgan fingerprint density at radius 3 is 2.43 bits per heavy atom. The maximum Gasteiger partial charge on any atom is 0.315 e. The van der Waals surface area contributed by atoms with E-state index in [0.29, 0.717) is 11.5 Å². The lowest BCUT2D eigenvalue weighted by molar-refractivity contribution is -0.133. The van der Waals surface area contributed by atoms with E-state index in [9.17, 15) is 9.59 Å². The number of carbonyl (C=O) groups excluding carboxylic acids is 2. The van der Waals surface area contributed by atoms with Crippen molar-refractivity contribution in [3.8, 4) is 0 Å². The average Bonchev–Trinajstić information content (AvgIpc) is 2.41. The molecule has 0 unspecified atom stereocenters. The fourth-order valence-corrected chi connectivity index (χ4v) is 2.20. The summed E-state index contributed by atoms with van der Waals surface area (Å²) in [6, 6.07) is 8.88. The first-order chi connectivity index (χ1) is 9.95. The summed E-state index contributed by atoms with van der Waals surface area (Å²) in [7, 11) is 0. The molecule has 5 nitrogen and oxygen atoms in total. The zero-order valence-corrected chi connectivity index (χ0v) is 13.2. The zero-order chi connectivity index (χ0) is 15.4. The molecule has 2 rings (SSSR count). The van der Waals surface area contributed by atoms with E-state index < -0.39 is 11.8 Å². The van der Waals surface area contributed by atoms with E-state index in [1.165, 1.54) is 0 Å². The molecule has 0 saturated carbocycles. The Morgan fingerprint density at radius 1 is 1.05 bits per heavy atom. The van der Waals surface area contributed by atoms with Gasteiger partial charge in [-0.3, -0.25) is 9.59 Å². The van der Waals surface area contributed by atoms with Crippen LogP contribution in [0.2, 0.25) is 0 Å². The third kappa shape index (κ3) is 4.13. The number of nitrogens with zero attached hydrogens (tertiary/aromatic N) is 1. The van der Waals surface area contributed by atoms with E-state index in [1.54, 1.807) is 30.5 Å². The van der Waals surface area contributed by atoms with Crippen molar-refractivity contribution in [1.82, 2.24) is 4.98 Å². The Hall–Kier alpha value is -2.21. The van der Waals surface area contributed by atoms with Gasteiger partial charge in [-0.15, -0.1) is 0 Å². The molecule has 108 valence electrons. The first-order valence-electron chi connectivity index (χ1n) is 6.27. The van der Waals surface area contributed by atoms with Crippen molar-refractivity contribution in [2.75, 3.05) is 10.6 Å². The summed E-state index contributed by atoms with van der Waals surface area (Å²) >= 11 is 3.34. The second kappa shape index (κ2) is 6.49. The summed E-state index contributed by atoms with van der Waals surface area (Å²) in [4.78, 5) is 27.7. The Morgan fingerprint density at radius 2 is 1.76 bits per heavy atom. The molecule has 0 fully saturated rings. The number of hydrogen-bond donors (Lipinski definition) is 2. The topological polar surface area (TPSA) is 71.1 Å². The Kier molecular flexibility index (Phi) is 4.70. The fourth-order valence-electron chi connectivity index (χ4n) is 1.72. The highest BCUT2D eigenvalue weighted by Gasteiger charge is 2.15. The molecule has 1 aromatic heterocycles. The van der Waals surface area contributed by atoms with E-state index in [0.717, 1.165) is 15.6 Å². The monoisotopic (exact) mass is 347 g/mol. The van der Waals surface area contributed by atoms with Gasteiger partial charge in [-0.25, -0.2) is 4.98 Å². The van der Waals surface area contributed by atoms with Gasteiger partial charge in [0.1, 0.15) is 5.82 Å². The van der Waals surface area contributed by atoms with E-state index in [4.69, 9.17) is 0 Å². The van der Waals surface area contributed by atoms with Crippen molar-refractivity contribution in [1.29, 1.82) is 0 Å². The Labute approximate surface area is 130 Å². The number of amides is 2. The number of hydrogen-bond acceptors (Lipinski definition) is 3. The van der Waals surface area contributed by atoms with Gasteiger partial charge in [0, 0.05) is 16.4 Å². The van der Waals surface area contributed by atoms with Crippen LogP contribution in [0.3, 0.4) is 0 Å². The van der Waals surface area contributed by atoms with E-state index in [1.807, 2.05) is 19.9 Å². The Bertz CT molecular complexity index is 701. The molecule has 0 spiro atoms. The molecular weight excluding hydrogens is 334 g/mol. The number of nitrogens with one attached hydrogen (secondary N) is 2. The van der Waals surface area contributed by atoms with Gasteiger partial charge < -0.3 is 10.6 Å². The molecule has 2 aromatic rings. The van der Waals surface area contributed by atoms with Crippen molar-refractivity contribution in [3.05, 3.63) is 52.1 Å². The van der Waals surface area contributed by atoms with Crippen LogP contribution in [0.5, 0.6) is 0 Å². The average molecular weight is 348 g/mol. The molecule has 2 N–H and O–H groups in total. The third-order valence-corrected chi connectivity index (χ3v) is 3.29. The lowest BCUT2D eigenvalue weighted by atomic mass is 10.2. The number of aryl methyl sites for hydroxylation is 2. The van der Waals surface area contributed by atoms with Crippen LogP contribution in [-0.4, -0.2) is 16.8 Å². The molecule has 0 atom stereocenters. The van der Waals surface area contributed by atoms with Gasteiger partial charge in [-0.1, -0.05) is 15.9 Å². The highest BCUT2D eigenvalue weighted by molar-refractivity contribution is 9.10. The first-order valence-corrected chi connectivity index (χ1v) is 7.06. The number of rotatable bonds is 2. The van der Waals surface area contributed by atoms with Gasteiger partial charge in [0.05, 0.1) is 0 Å². The van der Waals surface area contributed by atoms with Crippen molar-refractivity contribution in [2.45, 2.75) is 13.8 Å². The number of carbonyl (C=O) groups is 2. The van der Waals surface area contributed by atoms with Gasteiger partial charge in [-0.2, -0.15) is 0 Å². The molecule has 0 saturated heterocycles. The highest BCUT2D eigenvalue weighted by atomic mass is 79.9. The summed E-state index contributed by atoms with van der Waals surface area (Å²) in [5.41, 5.74) is 2.40. The van der Waals surface area contributed by atoms with Crippen LogP contribution in [0.1, 0.15) is 11.1 Å². The predicted molar refractivity (Wildman–Crippen MR) is 85.1 cm³/mol. The van der Waals surface area contributed by atoms with Crippen molar-refractivity contribution in [3.63, 3.8) is 0 Å². The van der Waals surface area contributed by atoms with Crippen molar-refractivity contribution in [2.24, 2.45) is 0 Å². The predicted octanol–water partition coefficient (Wildman–Crippen LogP) is 3.04. The summed E-state index contributed by atoms with van der Waals surface area (Å²) in [6.07, 6.45) is 1.57. The lowest BCUT2D eigenvalue weighted by Gasteiger charge is -2.09. The van der Waals surface area contributed by atoms with Gasteiger partial charge >= 0.3 is 11.8 Å². The normalized spacial score (nSPS) is 10.0. The van der Waals surface area contributed by atoms with Crippen LogP contribution >= 0.6 is 15.9 Å². The SMILES string of the molecule is Cc1ccnc(NC(=O)C(=O)Nc2ccc(Br)cc2C)c1. The minimum atomic E-state index is -0.754. The number of aromatic nitrogens is 1. The molecule has 1 heterocycles. The smallest absolute Gasteiger partial charge is 0.315 e. The first kappa shape index (κ1) is 15.2. The van der Waals surface area contributed by atoms with Crippen LogP contribution in [0.15, 0.2) is 41.0 Å². The summed E-state index contributed by atoms with van der Waals surface area (Å²) in [5.74, 6) is -1.14. The lowest BCUT2D eigenvalue weighted by Crippen LogP contribution is -2.29. The van der Waals surface area contributed by atoms with E-state index in [2.05, 4.69) is 31.5 Å². The molecule has 0 bridgehead atoms. The van der Waals surface area contributed by atoms with Crippen LogP contribution in [-0.2, 0) is 9.59 Å². The standard InChI is InChI=1S/C15H14BrN3O2/c1-9-5-6-17-13(7-9)19-15(21)14(20)18-12-4-3-11(16)8-10(12)2/h3-8H,1-2H3,(H,18,20)(H,17,19,21). The highest BCUT2D eigenvalue weighted by Crippen LogP contribution is 2.20. The van der Waals surface area contributed by atoms with Gasteiger partial charge in [-0.05, 0) is 55.3 Å². The number of halogens is 1. The molecule has 2 amide bonds. The molecule has 21 heavy (non-hydrogen) atoms. The van der Waals surface area contributed by atoms with Crippen LogP contribution in [0, 0.1) is 13.8 Å². The third-order valence-electron chi connectivity index (χ3n) is 2.80. The number of benzene rings is 1. The number of pyridine rings is 1. The largest absolute Gasteiger partial charge is 0.318 e. The fraction of sp³-hybridized carbons (Fsp3) is 0.133.